The molecule has 100 valence electrons. The highest BCUT2D eigenvalue weighted by molar-refractivity contribution is 7.98. The molecule has 0 unspecified atom stereocenters. The highest BCUT2D eigenvalue weighted by Crippen LogP contribution is 2.20. The second kappa shape index (κ2) is 7.20. The Morgan fingerprint density at radius 3 is 2.67 bits per heavy atom. The van der Waals surface area contributed by atoms with Gasteiger partial charge in [0.1, 0.15) is 0 Å². The van der Waals surface area contributed by atoms with Crippen LogP contribution in [0.25, 0.3) is 0 Å². The van der Waals surface area contributed by atoms with Crippen molar-refractivity contribution in [3.8, 4) is 0 Å². The molecule has 0 aromatic heterocycles. The van der Waals surface area contributed by atoms with Crippen LogP contribution < -0.4 is 5.32 Å². The average molecular weight is 275 g/mol. The van der Waals surface area contributed by atoms with E-state index in [-0.39, 0.29) is 5.69 Å². The van der Waals surface area contributed by atoms with Crippen LogP contribution in [0.2, 0.25) is 0 Å². The zero-order valence-electron chi connectivity index (χ0n) is 10.0. The maximum Gasteiger partial charge on any atom is 0.338 e. The van der Waals surface area contributed by atoms with E-state index < -0.39 is 23.2 Å². The number of thioether (sulfide) groups is 1. The molecule has 0 radical (unpaired) electrons. The Bertz CT molecular complexity index is 427. The molecule has 1 rings (SSSR count). The molecule has 0 saturated carbocycles. The molecule has 1 aromatic carbocycles. The first-order chi connectivity index (χ1) is 8.57. The van der Waals surface area contributed by atoms with Gasteiger partial charge in [-0.05, 0) is 37.0 Å². The Kier molecular flexibility index (Phi) is 5.91. The van der Waals surface area contributed by atoms with Crippen molar-refractivity contribution in [3.63, 3.8) is 0 Å². The largest absolute Gasteiger partial charge is 0.478 e. The predicted molar refractivity (Wildman–Crippen MR) is 69.4 cm³/mol. The van der Waals surface area contributed by atoms with Crippen LogP contribution in [0.1, 0.15) is 23.2 Å². The number of unbranched alkanes of at least 4 members (excludes halogenated alkanes) is 1. The van der Waals surface area contributed by atoms with E-state index in [0.717, 1.165) is 24.7 Å². The topological polar surface area (TPSA) is 49.3 Å². The number of hydrogen-bond donors (Lipinski definition) is 2. The summed E-state index contributed by atoms with van der Waals surface area (Å²) >= 11 is 1.73. The molecular formula is C12H15F2NO2S. The van der Waals surface area contributed by atoms with Crippen LogP contribution in [0, 0.1) is 11.6 Å². The summed E-state index contributed by atoms with van der Waals surface area (Å²) < 4.78 is 26.8. The fourth-order valence-corrected chi connectivity index (χ4v) is 1.94. The fraction of sp³-hybridized carbons (Fsp3) is 0.417. The standard InChI is InChI=1S/C12H15F2NO2S/c1-18-7-3-2-6-15-9-5-4-8(12(16)17)10(13)11(9)14/h4-5,15H,2-3,6-7H2,1H3,(H,16,17). The van der Waals surface area contributed by atoms with Gasteiger partial charge in [-0.1, -0.05) is 0 Å². The van der Waals surface area contributed by atoms with Crippen molar-refractivity contribution in [1.82, 2.24) is 0 Å². The number of rotatable bonds is 7. The molecule has 0 saturated heterocycles. The van der Waals surface area contributed by atoms with Crippen LogP contribution in [-0.4, -0.2) is 29.6 Å². The number of nitrogens with one attached hydrogen (secondary N) is 1. The fourth-order valence-electron chi connectivity index (χ4n) is 1.45. The Hall–Kier alpha value is -1.30. The van der Waals surface area contributed by atoms with Gasteiger partial charge in [0.15, 0.2) is 11.6 Å². The van der Waals surface area contributed by atoms with Gasteiger partial charge in [-0.15, -0.1) is 0 Å². The number of carboxylic acids is 1. The van der Waals surface area contributed by atoms with Gasteiger partial charge < -0.3 is 10.4 Å². The molecule has 0 amide bonds. The molecule has 0 aliphatic rings. The van der Waals surface area contributed by atoms with Gasteiger partial charge in [0, 0.05) is 6.54 Å². The zero-order chi connectivity index (χ0) is 13.5. The molecular weight excluding hydrogens is 260 g/mol. The van der Waals surface area contributed by atoms with Crippen LogP contribution >= 0.6 is 11.8 Å². The highest BCUT2D eigenvalue weighted by Gasteiger charge is 2.17. The van der Waals surface area contributed by atoms with Gasteiger partial charge in [0.25, 0.3) is 0 Å². The molecule has 0 bridgehead atoms. The highest BCUT2D eigenvalue weighted by atomic mass is 32.2. The van der Waals surface area contributed by atoms with E-state index in [9.17, 15) is 13.6 Å². The van der Waals surface area contributed by atoms with Crippen molar-refractivity contribution in [1.29, 1.82) is 0 Å². The number of carbonyl (C=O) groups is 1. The molecule has 0 heterocycles. The first-order valence-corrected chi connectivity index (χ1v) is 6.91. The first kappa shape index (κ1) is 14.8. The second-order valence-electron chi connectivity index (χ2n) is 3.72. The smallest absolute Gasteiger partial charge is 0.338 e. The lowest BCUT2D eigenvalue weighted by molar-refractivity contribution is 0.0690. The van der Waals surface area contributed by atoms with Gasteiger partial charge in [-0.2, -0.15) is 11.8 Å². The third kappa shape index (κ3) is 3.87. The molecule has 0 fully saturated rings. The Labute approximate surface area is 109 Å². The molecule has 0 spiro atoms. The second-order valence-corrected chi connectivity index (χ2v) is 4.71. The summed E-state index contributed by atoms with van der Waals surface area (Å²) in [6.07, 6.45) is 3.85. The molecule has 3 nitrogen and oxygen atoms in total. The third-order valence-electron chi connectivity index (χ3n) is 2.40. The molecule has 0 aliphatic carbocycles. The van der Waals surface area contributed by atoms with Gasteiger partial charge in [-0.3, -0.25) is 0 Å². The van der Waals surface area contributed by atoms with Crippen molar-refractivity contribution in [2.75, 3.05) is 23.9 Å². The normalized spacial score (nSPS) is 10.4. The lowest BCUT2D eigenvalue weighted by Gasteiger charge is -2.09. The number of halogens is 2. The summed E-state index contributed by atoms with van der Waals surface area (Å²) in [7, 11) is 0. The number of carboxylic acid groups (broad SMARTS) is 1. The van der Waals surface area contributed by atoms with Crippen LogP contribution in [0.4, 0.5) is 14.5 Å². The zero-order valence-corrected chi connectivity index (χ0v) is 10.8. The summed E-state index contributed by atoms with van der Waals surface area (Å²) in [6, 6.07) is 2.31. The minimum absolute atomic E-state index is 0.00153. The van der Waals surface area contributed by atoms with E-state index in [0.29, 0.717) is 6.54 Å². The maximum atomic E-state index is 13.5. The lowest BCUT2D eigenvalue weighted by Crippen LogP contribution is -2.08. The van der Waals surface area contributed by atoms with Crippen molar-refractivity contribution in [2.45, 2.75) is 12.8 Å². The quantitative estimate of drug-likeness (QED) is 0.750. The summed E-state index contributed by atoms with van der Waals surface area (Å²) in [5, 5.41) is 11.4. The average Bonchev–Trinajstić information content (AvgIpc) is 2.33. The van der Waals surface area contributed by atoms with E-state index in [1.807, 2.05) is 6.26 Å². The number of hydrogen-bond acceptors (Lipinski definition) is 3. The van der Waals surface area contributed by atoms with Crippen molar-refractivity contribution in [2.24, 2.45) is 0 Å². The monoisotopic (exact) mass is 275 g/mol. The van der Waals surface area contributed by atoms with Gasteiger partial charge in [0.05, 0.1) is 11.3 Å². The van der Waals surface area contributed by atoms with Crippen LogP contribution in [0.3, 0.4) is 0 Å². The van der Waals surface area contributed by atoms with Crippen LogP contribution in [0.15, 0.2) is 12.1 Å². The molecule has 0 atom stereocenters. The van der Waals surface area contributed by atoms with Gasteiger partial charge in [0.2, 0.25) is 0 Å². The Morgan fingerprint density at radius 2 is 2.06 bits per heavy atom. The van der Waals surface area contributed by atoms with Crippen molar-refractivity contribution in [3.05, 3.63) is 29.3 Å². The van der Waals surface area contributed by atoms with Crippen LogP contribution in [0.5, 0.6) is 0 Å². The Morgan fingerprint density at radius 1 is 1.33 bits per heavy atom. The van der Waals surface area contributed by atoms with Gasteiger partial charge in [-0.25, -0.2) is 13.6 Å². The summed E-state index contributed by atoms with van der Waals surface area (Å²) in [6.45, 7) is 0.531. The van der Waals surface area contributed by atoms with Gasteiger partial charge >= 0.3 is 5.97 Å². The summed E-state index contributed by atoms with van der Waals surface area (Å²) in [5.74, 6) is -2.91. The maximum absolute atomic E-state index is 13.5. The number of aromatic carboxylic acids is 1. The SMILES string of the molecule is CSCCCCNc1ccc(C(=O)O)c(F)c1F. The minimum Gasteiger partial charge on any atom is -0.478 e. The summed E-state index contributed by atoms with van der Waals surface area (Å²) in [5.41, 5.74) is -0.651. The van der Waals surface area contributed by atoms with Crippen LogP contribution in [-0.2, 0) is 0 Å². The molecule has 1 aromatic rings. The first-order valence-electron chi connectivity index (χ1n) is 5.52. The molecule has 18 heavy (non-hydrogen) atoms. The minimum atomic E-state index is -1.47. The van der Waals surface area contributed by atoms with E-state index in [4.69, 9.17) is 5.11 Å². The number of benzene rings is 1. The third-order valence-corrected chi connectivity index (χ3v) is 3.10. The van der Waals surface area contributed by atoms with Crippen molar-refractivity contribution >= 4 is 23.4 Å². The molecule has 6 heteroatoms. The van der Waals surface area contributed by atoms with E-state index >= 15 is 0 Å². The number of anilines is 1. The van der Waals surface area contributed by atoms with Crippen molar-refractivity contribution < 1.29 is 18.7 Å². The Balaban J connectivity index is 2.62. The van der Waals surface area contributed by atoms with E-state index in [1.165, 1.54) is 6.07 Å². The lowest BCUT2D eigenvalue weighted by atomic mass is 10.2. The molecule has 0 aliphatic heterocycles. The summed E-state index contributed by atoms with van der Waals surface area (Å²) in [4.78, 5) is 10.6. The molecule has 2 N–H and O–H groups in total. The predicted octanol–water partition coefficient (Wildman–Crippen LogP) is 3.22. The van der Waals surface area contributed by atoms with E-state index in [1.54, 1.807) is 11.8 Å². The van der Waals surface area contributed by atoms with E-state index in [2.05, 4.69) is 5.32 Å².